The van der Waals surface area contributed by atoms with Crippen LogP contribution in [0.4, 0.5) is 0 Å². The number of benzene rings is 1. The fourth-order valence-electron chi connectivity index (χ4n) is 3.20. The van der Waals surface area contributed by atoms with E-state index in [1.54, 1.807) is 36.5 Å². The van der Waals surface area contributed by atoms with Crippen molar-refractivity contribution in [3.8, 4) is 11.5 Å². The quantitative estimate of drug-likeness (QED) is 0.175. The highest BCUT2D eigenvalue weighted by Gasteiger charge is 2.16. The number of rotatable bonds is 16. The first-order valence-electron chi connectivity index (χ1n) is 11.5. The summed E-state index contributed by atoms with van der Waals surface area (Å²) in [4.78, 5) is 29.2. The van der Waals surface area contributed by atoms with Gasteiger partial charge in [0.25, 0.3) is 0 Å². The molecule has 0 radical (unpaired) electrons. The van der Waals surface area contributed by atoms with Crippen LogP contribution in [0, 0.1) is 0 Å². The summed E-state index contributed by atoms with van der Waals surface area (Å²) in [5.74, 6) is 0.661. The normalized spacial score (nSPS) is 10.6. The Labute approximate surface area is 186 Å². The van der Waals surface area contributed by atoms with Crippen molar-refractivity contribution in [1.82, 2.24) is 4.98 Å². The highest BCUT2D eigenvalue weighted by Crippen LogP contribution is 2.25. The molecule has 0 atom stereocenters. The molecule has 0 spiro atoms. The van der Waals surface area contributed by atoms with Crippen molar-refractivity contribution in [1.29, 1.82) is 0 Å². The lowest BCUT2D eigenvalue weighted by molar-refractivity contribution is 0.0890. The van der Waals surface area contributed by atoms with Gasteiger partial charge in [-0.2, -0.15) is 0 Å². The zero-order valence-electron chi connectivity index (χ0n) is 18.9. The number of pyridine rings is 1. The number of unbranched alkanes of at least 4 members (excludes halogenated alkanes) is 6. The van der Waals surface area contributed by atoms with Crippen molar-refractivity contribution in [3.05, 3.63) is 53.9 Å². The molecule has 1 aromatic heterocycles. The fraction of sp³-hybridized carbons (Fsp3) is 0.500. The van der Waals surface area contributed by atoms with Gasteiger partial charge in [0.2, 0.25) is 0 Å². The molecule has 5 heteroatoms. The molecule has 0 fully saturated rings. The molecule has 1 aromatic carbocycles. The maximum absolute atomic E-state index is 12.8. The molecule has 0 aliphatic heterocycles. The standard InChI is InChI=1S/C26H35NO4/c1-3-5-7-11-15-30-22-17-21(18-23(19-22)31-16-12-8-6-4-2)25(28)20-26(29)24-13-9-10-14-27-24/h9-10,13-14,17-19H,3-8,11-12,15-16,20H2,1-2H3. The van der Waals surface area contributed by atoms with E-state index in [9.17, 15) is 9.59 Å². The number of carbonyl (C=O) groups is 2. The van der Waals surface area contributed by atoms with Crippen LogP contribution in [-0.2, 0) is 0 Å². The third-order valence-corrected chi connectivity index (χ3v) is 5.01. The molecule has 0 amide bonds. The van der Waals surface area contributed by atoms with E-state index in [0.29, 0.717) is 36.0 Å². The molecule has 0 aliphatic carbocycles. The maximum Gasteiger partial charge on any atom is 0.188 e. The maximum atomic E-state index is 12.8. The molecule has 0 N–H and O–H groups in total. The van der Waals surface area contributed by atoms with E-state index >= 15 is 0 Å². The van der Waals surface area contributed by atoms with Gasteiger partial charge >= 0.3 is 0 Å². The Morgan fingerprint density at radius 1 is 0.774 bits per heavy atom. The third-order valence-electron chi connectivity index (χ3n) is 5.01. The average Bonchev–Trinajstić information content (AvgIpc) is 2.79. The SMILES string of the molecule is CCCCCCOc1cc(OCCCCCC)cc(C(=O)CC(=O)c2ccccn2)c1. The number of Topliss-reactive ketones (excluding diaryl/α,β-unsaturated/α-hetero) is 2. The second-order valence-corrected chi connectivity index (χ2v) is 7.75. The summed E-state index contributed by atoms with van der Waals surface area (Å²) in [5.41, 5.74) is 0.727. The molecule has 168 valence electrons. The van der Waals surface area contributed by atoms with E-state index in [4.69, 9.17) is 9.47 Å². The van der Waals surface area contributed by atoms with Gasteiger partial charge in [-0.05, 0) is 37.1 Å². The lowest BCUT2D eigenvalue weighted by Crippen LogP contribution is -2.11. The number of hydrogen-bond acceptors (Lipinski definition) is 5. The second kappa shape index (κ2) is 14.3. The van der Waals surface area contributed by atoms with Crippen LogP contribution in [-0.4, -0.2) is 29.8 Å². The summed E-state index contributed by atoms with van der Waals surface area (Å²) in [6, 6.07) is 10.3. The van der Waals surface area contributed by atoms with Gasteiger partial charge in [-0.25, -0.2) is 0 Å². The predicted octanol–water partition coefficient (Wildman–Crippen LogP) is 6.46. The number of ether oxygens (including phenoxy) is 2. The molecule has 0 saturated carbocycles. The summed E-state index contributed by atoms with van der Waals surface area (Å²) in [6.45, 7) is 5.54. The number of carbonyl (C=O) groups excluding carboxylic acids is 2. The van der Waals surface area contributed by atoms with Crippen LogP contribution >= 0.6 is 0 Å². The molecule has 0 aliphatic rings. The van der Waals surface area contributed by atoms with Crippen molar-refractivity contribution in [2.24, 2.45) is 0 Å². The monoisotopic (exact) mass is 425 g/mol. The van der Waals surface area contributed by atoms with Gasteiger partial charge < -0.3 is 9.47 Å². The Morgan fingerprint density at radius 2 is 1.39 bits per heavy atom. The lowest BCUT2D eigenvalue weighted by Gasteiger charge is -2.12. The summed E-state index contributed by atoms with van der Waals surface area (Å²) in [5, 5.41) is 0. The van der Waals surface area contributed by atoms with Gasteiger partial charge in [0.1, 0.15) is 17.2 Å². The van der Waals surface area contributed by atoms with Crippen molar-refractivity contribution in [2.45, 2.75) is 71.6 Å². The largest absolute Gasteiger partial charge is 0.493 e. The van der Waals surface area contributed by atoms with E-state index < -0.39 is 0 Å². The molecular formula is C26H35NO4. The zero-order valence-corrected chi connectivity index (χ0v) is 18.9. The smallest absolute Gasteiger partial charge is 0.188 e. The van der Waals surface area contributed by atoms with Gasteiger partial charge in [-0.3, -0.25) is 14.6 Å². The van der Waals surface area contributed by atoms with Crippen molar-refractivity contribution < 1.29 is 19.1 Å². The first-order chi connectivity index (χ1) is 15.1. The fourth-order valence-corrected chi connectivity index (χ4v) is 3.20. The summed E-state index contributed by atoms with van der Waals surface area (Å²) >= 11 is 0. The molecular weight excluding hydrogens is 390 g/mol. The number of hydrogen-bond donors (Lipinski definition) is 0. The minimum Gasteiger partial charge on any atom is -0.493 e. The third kappa shape index (κ3) is 9.33. The molecule has 0 saturated heterocycles. The first kappa shape index (κ1) is 24.6. The van der Waals surface area contributed by atoms with Crippen LogP contribution in [0.3, 0.4) is 0 Å². The highest BCUT2D eigenvalue weighted by atomic mass is 16.5. The van der Waals surface area contributed by atoms with Crippen LogP contribution in [0.1, 0.15) is 92.5 Å². The van der Waals surface area contributed by atoms with E-state index in [2.05, 4.69) is 18.8 Å². The number of nitrogens with zero attached hydrogens (tertiary/aromatic N) is 1. The molecule has 5 nitrogen and oxygen atoms in total. The molecule has 1 heterocycles. The Kier molecular flexibility index (Phi) is 11.4. The minimum absolute atomic E-state index is 0.229. The van der Waals surface area contributed by atoms with Gasteiger partial charge in [0, 0.05) is 17.8 Å². The number of ketones is 2. The van der Waals surface area contributed by atoms with Crippen LogP contribution < -0.4 is 9.47 Å². The Morgan fingerprint density at radius 3 is 1.90 bits per heavy atom. The topological polar surface area (TPSA) is 65.5 Å². The molecule has 0 unspecified atom stereocenters. The molecule has 31 heavy (non-hydrogen) atoms. The van der Waals surface area contributed by atoms with Crippen LogP contribution in [0.5, 0.6) is 11.5 Å². The van der Waals surface area contributed by atoms with Crippen LogP contribution in [0.25, 0.3) is 0 Å². The number of aromatic nitrogens is 1. The van der Waals surface area contributed by atoms with Gasteiger partial charge in [0.15, 0.2) is 11.6 Å². The summed E-state index contributed by atoms with van der Waals surface area (Å²) in [7, 11) is 0. The lowest BCUT2D eigenvalue weighted by atomic mass is 10.0. The van der Waals surface area contributed by atoms with Crippen molar-refractivity contribution in [2.75, 3.05) is 13.2 Å². The van der Waals surface area contributed by atoms with Gasteiger partial charge in [0.05, 0.1) is 19.6 Å². The average molecular weight is 426 g/mol. The summed E-state index contributed by atoms with van der Waals surface area (Å²) in [6.07, 6.45) is 10.2. The first-order valence-corrected chi connectivity index (χ1v) is 11.5. The van der Waals surface area contributed by atoms with E-state index in [1.807, 2.05) is 6.07 Å². The van der Waals surface area contributed by atoms with Crippen LogP contribution in [0.15, 0.2) is 42.6 Å². The molecule has 2 aromatic rings. The Bertz CT molecular complexity index is 772. The van der Waals surface area contributed by atoms with Crippen molar-refractivity contribution in [3.63, 3.8) is 0 Å². The Hall–Kier alpha value is -2.69. The van der Waals surface area contributed by atoms with Crippen molar-refractivity contribution >= 4 is 11.6 Å². The highest BCUT2D eigenvalue weighted by molar-refractivity contribution is 6.13. The minimum atomic E-state index is -0.293. The van der Waals surface area contributed by atoms with Gasteiger partial charge in [-0.1, -0.05) is 58.4 Å². The molecule has 0 bridgehead atoms. The van der Waals surface area contributed by atoms with Gasteiger partial charge in [-0.15, -0.1) is 0 Å². The molecule has 2 rings (SSSR count). The van der Waals surface area contributed by atoms with E-state index in [-0.39, 0.29) is 18.0 Å². The van der Waals surface area contributed by atoms with E-state index in [1.165, 1.54) is 25.7 Å². The van der Waals surface area contributed by atoms with Crippen LogP contribution in [0.2, 0.25) is 0 Å². The zero-order chi connectivity index (χ0) is 22.3. The Balaban J connectivity index is 2.05. The summed E-state index contributed by atoms with van der Waals surface area (Å²) < 4.78 is 11.8. The van der Waals surface area contributed by atoms with E-state index in [0.717, 1.165) is 25.7 Å². The second-order valence-electron chi connectivity index (χ2n) is 7.75. The predicted molar refractivity (Wildman–Crippen MR) is 123 cm³/mol.